The number of nitrogens with zero attached hydrogens (tertiary/aromatic N) is 1. The number of hydrogen-bond donors (Lipinski definition) is 0. The molecule has 0 bridgehead atoms. The molecule has 0 atom stereocenters. The lowest BCUT2D eigenvalue weighted by atomic mass is 10.3. The predicted molar refractivity (Wildman–Crippen MR) is 36.0 cm³/mol. The Morgan fingerprint density at radius 3 is 2.50 bits per heavy atom. The lowest BCUT2D eigenvalue weighted by molar-refractivity contribution is 0.980. The van der Waals surface area contributed by atoms with Gasteiger partial charge < -0.3 is 0 Å². The quantitative estimate of drug-likeness (QED) is 0.481. The van der Waals surface area contributed by atoms with Crippen molar-refractivity contribution in [2.24, 2.45) is 10.9 Å². The molecule has 0 saturated heterocycles. The van der Waals surface area contributed by atoms with E-state index in [2.05, 4.69) is 11.7 Å². The average Bonchev–Trinajstić information content (AvgIpc) is 2.53. The molecule has 0 spiro atoms. The standard InChI is InChI=1S/C7H11N/c1-3-7(8-2)6-4-5-6/h3,6H,2,4-5H2,1H3/b7-3-. The Morgan fingerprint density at radius 1 is 1.75 bits per heavy atom. The Hall–Kier alpha value is -0.590. The molecule has 0 aromatic carbocycles. The van der Waals surface area contributed by atoms with Gasteiger partial charge in [-0.2, -0.15) is 0 Å². The Bertz CT molecular complexity index is 120. The van der Waals surface area contributed by atoms with Gasteiger partial charge >= 0.3 is 0 Å². The SMILES string of the molecule is C=N/C(=C\C)C1CC1. The zero-order valence-electron chi connectivity index (χ0n) is 5.22. The zero-order chi connectivity index (χ0) is 5.98. The normalized spacial score (nSPS) is 20.9. The van der Waals surface area contributed by atoms with Gasteiger partial charge in [0.15, 0.2) is 0 Å². The van der Waals surface area contributed by atoms with Gasteiger partial charge in [-0.1, -0.05) is 6.08 Å². The summed E-state index contributed by atoms with van der Waals surface area (Å²) in [4.78, 5) is 3.88. The minimum absolute atomic E-state index is 0.762. The van der Waals surface area contributed by atoms with Gasteiger partial charge in [0, 0.05) is 11.6 Å². The van der Waals surface area contributed by atoms with E-state index in [4.69, 9.17) is 0 Å². The summed E-state index contributed by atoms with van der Waals surface area (Å²) in [5, 5.41) is 0. The lowest BCUT2D eigenvalue weighted by Crippen LogP contribution is -1.76. The van der Waals surface area contributed by atoms with E-state index in [1.807, 2.05) is 13.0 Å². The van der Waals surface area contributed by atoms with Crippen LogP contribution in [0, 0.1) is 5.92 Å². The number of allylic oxidation sites excluding steroid dienone is 2. The van der Waals surface area contributed by atoms with Gasteiger partial charge in [-0.05, 0) is 26.5 Å². The van der Waals surface area contributed by atoms with Crippen molar-refractivity contribution in [3.05, 3.63) is 11.8 Å². The summed E-state index contributed by atoms with van der Waals surface area (Å²) >= 11 is 0. The van der Waals surface area contributed by atoms with Crippen molar-refractivity contribution in [2.75, 3.05) is 0 Å². The largest absolute Gasteiger partial charge is 0.269 e. The van der Waals surface area contributed by atoms with Crippen LogP contribution in [0.5, 0.6) is 0 Å². The van der Waals surface area contributed by atoms with Crippen LogP contribution in [0.1, 0.15) is 19.8 Å². The summed E-state index contributed by atoms with van der Waals surface area (Å²) < 4.78 is 0. The van der Waals surface area contributed by atoms with E-state index in [-0.39, 0.29) is 0 Å². The molecule has 44 valence electrons. The topological polar surface area (TPSA) is 12.4 Å². The molecule has 0 amide bonds. The van der Waals surface area contributed by atoms with Crippen molar-refractivity contribution in [2.45, 2.75) is 19.8 Å². The molecule has 1 aliphatic carbocycles. The molecule has 0 aromatic rings. The van der Waals surface area contributed by atoms with Crippen molar-refractivity contribution in [1.29, 1.82) is 0 Å². The van der Waals surface area contributed by atoms with Crippen LogP contribution in [0.4, 0.5) is 0 Å². The van der Waals surface area contributed by atoms with Gasteiger partial charge in [0.2, 0.25) is 0 Å². The maximum Gasteiger partial charge on any atom is 0.0384 e. The first-order chi connectivity index (χ1) is 3.88. The van der Waals surface area contributed by atoms with Crippen molar-refractivity contribution in [1.82, 2.24) is 0 Å². The van der Waals surface area contributed by atoms with Crippen LogP contribution in [0.3, 0.4) is 0 Å². The summed E-state index contributed by atoms with van der Waals surface area (Å²) in [5.74, 6) is 0.762. The van der Waals surface area contributed by atoms with Crippen molar-refractivity contribution >= 4 is 6.72 Å². The minimum Gasteiger partial charge on any atom is -0.269 e. The molecule has 1 rings (SSSR count). The highest BCUT2D eigenvalue weighted by Crippen LogP contribution is 2.36. The molecule has 8 heavy (non-hydrogen) atoms. The molecule has 0 aromatic heterocycles. The van der Waals surface area contributed by atoms with Gasteiger partial charge in [0.1, 0.15) is 0 Å². The third kappa shape index (κ3) is 0.971. The van der Waals surface area contributed by atoms with E-state index >= 15 is 0 Å². The molecule has 1 fully saturated rings. The summed E-state index contributed by atoms with van der Waals surface area (Å²) in [5.41, 5.74) is 1.19. The number of hydrogen-bond acceptors (Lipinski definition) is 1. The first-order valence-electron chi connectivity index (χ1n) is 3.01. The highest BCUT2D eigenvalue weighted by molar-refractivity contribution is 5.30. The van der Waals surface area contributed by atoms with Crippen molar-refractivity contribution < 1.29 is 0 Å². The van der Waals surface area contributed by atoms with Crippen LogP contribution >= 0.6 is 0 Å². The van der Waals surface area contributed by atoms with Crippen molar-refractivity contribution in [3.8, 4) is 0 Å². The molecule has 0 radical (unpaired) electrons. The maximum atomic E-state index is 3.88. The molecule has 0 unspecified atom stereocenters. The van der Waals surface area contributed by atoms with Gasteiger partial charge in [-0.3, -0.25) is 4.99 Å². The molecule has 1 heteroatoms. The highest BCUT2D eigenvalue weighted by Gasteiger charge is 2.24. The van der Waals surface area contributed by atoms with Gasteiger partial charge in [0.25, 0.3) is 0 Å². The summed E-state index contributed by atoms with van der Waals surface area (Å²) in [7, 11) is 0. The van der Waals surface area contributed by atoms with Crippen LogP contribution < -0.4 is 0 Å². The molecular formula is C7H11N. The Balaban J connectivity index is 2.49. The summed E-state index contributed by atoms with van der Waals surface area (Å²) in [6.07, 6.45) is 4.68. The first-order valence-corrected chi connectivity index (χ1v) is 3.01. The van der Waals surface area contributed by atoms with E-state index in [1.165, 1.54) is 18.5 Å². The second-order valence-corrected chi connectivity index (χ2v) is 2.15. The van der Waals surface area contributed by atoms with Crippen LogP contribution in [0.2, 0.25) is 0 Å². The van der Waals surface area contributed by atoms with E-state index in [1.54, 1.807) is 0 Å². The van der Waals surface area contributed by atoms with Crippen LogP contribution in [-0.2, 0) is 0 Å². The highest BCUT2D eigenvalue weighted by atomic mass is 14.7. The monoisotopic (exact) mass is 109 g/mol. The zero-order valence-corrected chi connectivity index (χ0v) is 5.22. The minimum atomic E-state index is 0.762. The Kier molecular flexibility index (Phi) is 1.47. The predicted octanol–water partition coefficient (Wildman–Crippen LogP) is 2.00. The van der Waals surface area contributed by atoms with Gasteiger partial charge in [-0.15, -0.1) is 0 Å². The summed E-state index contributed by atoms with van der Waals surface area (Å²) in [6.45, 7) is 5.49. The first kappa shape index (κ1) is 5.54. The van der Waals surface area contributed by atoms with Gasteiger partial charge in [-0.25, -0.2) is 0 Å². The van der Waals surface area contributed by atoms with Crippen LogP contribution in [0.25, 0.3) is 0 Å². The molecular weight excluding hydrogens is 98.1 g/mol. The molecule has 1 saturated carbocycles. The van der Waals surface area contributed by atoms with Crippen LogP contribution in [0.15, 0.2) is 16.8 Å². The van der Waals surface area contributed by atoms with Gasteiger partial charge in [0.05, 0.1) is 0 Å². The molecule has 0 heterocycles. The second kappa shape index (κ2) is 2.12. The van der Waals surface area contributed by atoms with E-state index in [9.17, 15) is 0 Å². The summed E-state index contributed by atoms with van der Waals surface area (Å²) in [6, 6.07) is 0. The van der Waals surface area contributed by atoms with E-state index < -0.39 is 0 Å². The Labute approximate surface area is 50.1 Å². The molecule has 0 aliphatic heterocycles. The molecule has 1 nitrogen and oxygen atoms in total. The number of rotatable bonds is 2. The smallest absolute Gasteiger partial charge is 0.0384 e. The molecule has 1 aliphatic rings. The molecule has 0 N–H and O–H groups in total. The second-order valence-electron chi connectivity index (χ2n) is 2.15. The third-order valence-corrected chi connectivity index (χ3v) is 1.47. The van der Waals surface area contributed by atoms with Crippen LogP contribution in [-0.4, -0.2) is 6.72 Å². The Morgan fingerprint density at radius 2 is 2.38 bits per heavy atom. The lowest BCUT2D eigenvalue weighted by Gasteiger charge is -1.90. The van der Waals surface area contributed by atoms with E-state index in [0.717, 1.165) is 5.92 Å². The fourth-order valence-corrected chi connectivity index (χ4v) is 0.835. The average molecular weight is 109 g/mol. The van der Waals surface area contributed by atoms with E-state index in [0.29, 0.717) is 0 Å². The van der Waals surface area contributed by atoms with Crippen molar-refractivity contribution in [3.63, 3.8) is 0 Å². The fraction of sp³-hybridized carbons (Fsp3) is 0.571. The maximum absolute atomic E-state index is 3.88. The third-order valence-electron chi connectivity index (χ3n) is 1.47. The fourth-order valence-electron chi connectivity index (χ4n) is 0.835. The number of aliphatic imine (C=N–C) groups is 1.